The van der Waals surface area contributed by atoms with Crippen LogP contribution in [0.5, 0.6) is 17.2 Å². The van der Waals surface area contributed by atoms with Crippen molar-refractivity contribution in [1.82, 2.24) is 15.0 Å². The predicted molar refractivity (Wildman–Crippen MR) is 112 cm³/mol. The first-order chi connectivity index (χ1) is 15.2. The van der Waals surface area contributed by atoms with Crippen molar-refractivity contribution in [3.63, 3.8) is 0 Å². The van der Waals surface area contributed by atoms with Crippen molar-refractivity contribution >= 4 is 34.2 Å². The molecule has 1 aliphatic heterocycles. The summed E-state index contributed by atoms with van der Waals surface area (Å²) in [6, 6.07) is 2.78. The third kappa shape index (κ3) is 2.44. The Labute approximate surface area is 184 Å². The fourth-order valence-corrected chi connectivity index (χ4v) is 4.68. The number of methoxy groups -OCH3 is 2. The van der Waals surface area contributed by atoms with E-state index in [2.05, 4.69) is 15.0 Å². The van der Waals surface area contributed by atoms with E-state index in [0.29, 0.717) is 5.69 Å². The normalized spacial score (nSPS) is 21.4. The number of aromatic amines is 2. The lowest BCUT2D eigenvalue weighted by Gasteiger charge is -2.36. The van der Waals surface area contributed by atoms with Gasteiger partial charge < -0.3 is 14.2 Å². The van der Waals surface area contributed by atoms with Gasteiger partial charge in [-0.25, -0.2) is 9.78 Å². The molecule has 3 heterocycles. The molecule has 2 aliphatic rings. The van der Waals surface area contributed by atoms with Crippen LogP contribution in [-0.4, -0.2) is 46.3 Å². The first-order valence-electron chi connectivity index (χ1n) is 9.62. The SMILES string of the molecule is COc1cc(OC)c2c(c1Cl)OC1(C(=O)c3cc4c(=O)[nH]c(=O)[nH]c4nc3CC1C)C2=O. The Morgan fingerprint density at radius 2 is 1.81 bits per heavy atom. The zero-order valence-corrected chi connectivity index (χ0v) is 17.9. The van der Waals surface area contributed by atoms with Crippen LogP contribution >= 0.6 is 11.6 Å². The third-order valence-electron chi connectivity index (χ3n) is 6.00. The van der Waals surface area contributed by atoms with E-state index in [9.17, 15) is 19.2 Å². The van der Waals surface area contributed by atoms with Crippen molar-refractivity contribution < 1.29 is 23.8 Å². The molecule has 1 aliphatic carbocycles. The Balaban J connectivity index is 1.74. The predicted octanol–water partition coefficient (Wildman–Crippen LogP) is 1.67. The molecule has 3 aromatic rings. The molecule has 2 unspecified atom stereocenters. The number of pyridine rings is 1. The van der Waals surface area contributed by atoms with Gasteiger partial charge in [-0.05, 0) is 12.5 Å². The molecular weight excluding hydrogens is 442 g/mol. The number of aromatic nitrogens is 3. The minimum absolute atomic E-state index is 0.00689. The maximum Gasteiger partial charge on any atom is 0.327 e. The number of ether oxygens (including phenoxy) is 3. The van der Waals surface area contributed by atoms with E-state index in [-0.39, 0.29) is 50.9 Å². The van der Waals surface area contributed by atoms with Gasteiger partial charge in [-0.3, -0.25) is 24.4 Å². The van der Waals surface area contributed by atoms with Crippen LogP contribution in [0, 0.1) is 5.92 Å². The lowest BCUT2D eigenvalue weighted by molar-refractivity contribution is 0.0257. The number of H-pyrrole nitrogens is 2. The number of hydrogen-bond acceptors (Lipinski definition) is 8. The van der Waals surface area contributed by atoms with E-state index in [1.807, 2.05) is 0 Å². The molecule has 164 valence electrons. The van der Waals surface area contributed by atoms with Crippen LogP contribution in [0.2, 0.25) is 5.02 Å². The van der Waals surface area contributed by atoms with Gasteiger partial charge in [-0.2, -0.15) is 0 Å². The summed E-state index contributed by atoms with van der Waals surface area (Å²) in [4.78, 5) is 60.1. The second-order valence-corrected chi connectivity index (χ2v) is 8.07. The summed E-state index contributed by atoms with van der Waals surface area (Å²) in [5, 5.41) is 0.0617. The fourth-order valence-electron chi connectivity index (χ4n) is 4.41. The monoisotopic (exact) mass is 457 g/mol. The smallest absolute Gasteiger partial charge is 0.327 e. The van der Waals surface area contributed by atoms with Gasteiger partial charge in [0.25, 0.3) is 5.56 Å². The second-order valence-electron chi connectivity index (χ2n) is 7.69. The maximum absolute atomic E-state index is 13.7. The summed E-state index contributed by atoms with van der Waals surface area (Å²) < 4.78 is 16.6. The molecule has 0 fully saturated rings. The lowest BCUT2D eigenvalue weighted by atomic mass is 9.71. The summed E-state index contributed by atoms with van der Waals surface area (Å²) in [7, 11) is 2.79. The van der Waals surface area contributed by atoms with Crippen molar-refractivity contribution in [2.24, 2.45) is 5.92 Å². The van der Waals surface area contributed by atoms with E-state index < -0.39 is 34.3 Å². The second kappa shape index (κ2) is 6.67. The highest BCUT2D eigenvalue weighted by molar-refractivity contribution is 6.36. The zero-order chi connectivity index (χ0) is 22.9. The van der Waals surface area contributed by atoms with Gasteiger partial charge in [0.15, 0.2) is 5.75 Å². The molecule has 2 aromatic heterocycles. The zero-order valence-electron chi connectivity index (χ0n) is 17.1. The van der Waals surface area contributed by atoms with E-state index in [4.69, 9.17) is 25.8 Å². The summed E-state index contributed by atoms with van der Waals surface area (Å²) in [5.74, 6) is -1.47. The van der Waals surface area contributed by atoms with Crippen LogP contribution in [0.1, 0.15) is 33.3 Å². The molecule has 1 aromatic carbocycles. The summed E-state index contributed by atoms with van der Waals surface area (Å²) in [6.07, 6.45) is 0.183. The molecule has 2 N–H and O–H groups in total. The van der Waals surface area contributed by atoms with E-state index in [0.717, 1.165) is 0 Å². The highest BCUT2D eigenvalue weighted by atomic mass is 35.5. The number of carbonyl (C=O) groups is 2. The van der Waals surface area contributed by atoms with E-state index in [1.54, 1.807) is 6.92 Å². The summed E-state index contributed by atoms with van der Waals surface area (Å²) >= 11 is 6.40. The molecule has 32 heavy (non-hydrogen) atoms. The topological polar surface area (TPSA) is 140 Å². The largest absolute Gasteiger partial charge is 0.496 e. The number of rotatable bonds is 2. The number of carbonyl (C=O) groups excluding carboxylic acids is 2. The third-order valence-corrected chi connectivity index (χ3v) is 6.36. The standard InChI is InChI=1S/C21H16ClN3O7/c1-7-4-10-8(5-9-18(23-10)24-20(29)25-19(9)28)16(26)21(7)17(27)13-11(30-2)6-12(31-3)14(22)15(13)32-21/h5-7H,4H2,1-3H3,(H2,23,24,25,28,29). The van der Waals surface area contributed by atoms with Crippen molar-refractivity contribution in [2.75, 3.05) is 14.2 Å². The first kappa shape index (κ1) is 20.3. The molecule has 2 atom stereocenters. The van der Waals surface area contributed by atoms with E-state index in [1.165, 1.54) is 26.4 Å². The van der Waals surface area contributed by atoms with Gasteiger partial charge in [-0.15, -0.1) is 0 Å². The number of ketones is 2. The van der Waals surface area contributed by atoms with Crippen LogP contribution in [0.4, 0.5) is 0 Å². The first-order valence-corrected chi connectivity index (χ1v) is 10.00. The molecule has 0 saturated carbocycles. The Hall–Kier alpha value is -3.66. The Bertz CT molecular complexity index is 1470. The summed E-state index contributed by atoms with van der Waals surface area (Å²) in [5.41, 5.74) is -2.77. The number of nitrogens with zero attached hydrogens (tertiary/aromatic N) is 1. The van der Waals surface area contributed by atoms with Gasteiger partial charge in [0.2, 0.25) is 17.2 Å². The number of hydrogen-bond donors (Lipinski definition) is 2. The number of fused-ring (bicyclic) bond motifs is 3. The van der Waals surface area contributed by atoms with Gasteiger partial charge in [0.1, 0.15) is 27.7 Å². The van der Waals surface area contributed by atoms with Crippen LogP contribution in [0.25, 0.3) is 11.0 Å². The quantitative estimate of drug-likeness (QED) is 0.554. The van der Waals surface area contributed by atoms with Crippen LogP contribution in [0.15, 0.2) is 21.7 Å². The van der Waals surface area contributed by atoms with Crippen LogP contribution < -0.4 is 25.5 Å². The van der Waals surface area contributed by atoms with Crippen LogP contribution in [0.3, 0.4) is 0 Å². The molecule has 0 amide bonds. The number of benzene rings is 1. The van der Waals surface area contributed by atoms with Crippen molar-refractivity contribution in [1.29, 1.82) is 0 Å². The van der Waals surface area contributed by atoms with E-state index >= 15 is 0 Å². The highest BCUT2D eigenvalue weighted by Crippen LogP contribution is 2.53. The fraction of sp³-hybridized carbons (Fsp3) is 0.286. The Morgan fingerprint density at radius 3 is 2.50 bits per heavy atom. The van der Waals surface area contributed by atoms with Crippen molar-refractivity contribution in [3.8, 4) is 17.2 Å². The molecule has 0 radical (unpaired) electrons. The van der Waals surface area contributed by atoms with Gasteiger partial charge in [0.05, 0.1) is 25.3 Å². The minimum Gasteiger partial charge on any atom is -0.496 e. The number of nitrogens with one attached hydrogen (secondary N) is 2. The summed E-state index contributed by atoms with van der Waals surface area (Å²) in [6.45, 7) is 1.69. The Kier molecular flexibility index (Phi) is 4.22. The maximum atomic E-state index is 13.7. The molecular formula is C21H16ClN3O7. The Morgan fingerprint density at radius 1 is 1.09 bits per heavy atom. The number of Topliss-reactive ketones (excluding diaryl/α,β-unsaturated/α-hetero) is 2. The van der Waals surface area contributed by atoms with Crippen molar-refractivity contribution in [3.05, 3.63) is 54.8 Å². The van der Waals surface area contributed by atoms with Crippen molar-refractivity contribution in [2.45, 2.75) is 18.9 Å². The molecule has 11 heteroatoms. The molecule has 5 rings (SSSR count). The molecule has 0 saturated heterocycles. The minimum atomic E-state index is -1.90. The number of halogens is 1. The molecule has 10 nitrogen and oxygen atoms in total. The lowest BCUT2D eigenvalue weighted by Crippen LogP contribution is -2.56. The van der Waals surface area contributed by atoms with Gasteiger partial charge in [0, 0.05) is 17.5 Å². The van der Waals surface area contributed by atoms with Crippen LogP contribution in [-0.2, 0) is 6.42 Å². The average molecular weight is 458 g/mol. The van der Waals surface area contributed by atoms with Gasteiger partial charge >= 0.3 is 5.69 Å². The van der Waals surface area contributed by atoms with Gasteiger partial charge in [-0.1, -0.05) is 18.5 Å². The molecule has 1 spiro atoms. The molecule has 0 bridgehead atoms. The average Bonchev–Trinajstić information content (AvgIpc) is 3.07. The highest BCUT2D eigenvalue weighted by Gasteiger charge is 2.62.